The van der Waals surface area contributed by atoms with Crippen LogP contribution in [0.2, 0.25) is 0 Å². The highest BCUT2D eigenvalue weighted by Gasteiger charge is 2.21. The SMILES string of the molecule is CCCCC1CC(c2ccc(C(=O)OC)cc2)=NO1. The highest BCUT2D eigenvalue weighted by molar-refractivity contribution is 6.02. The monoisotopic (exact) mass is 261 g/mol. The summed E-state index contributed by atoms with van der Waals surface area (Å²) in [6.45, 7) is 2.17. The van der Waals surface area contributed by atoms with Gasteiger partial charge in [0.05, 0.1) is 18.4 Å². The Hall–Kier alpha value is -1.84. The Morgan fingerprint density at radius 2 is 2.16 bits per heavy atom. The molecule has 0 saturated carbocycles. The van der Waals surface area contributed by atoms with Gasteiger partial charge >= 0.3 is 5.97 Å². The van der Waals surface area contributed by atoms with Crippen molar-refractivity contribution in [2.75, 3.05) is 7.11 Å². The molecule has 1 aliphatic heterocycles. The smallest absolute Gasteiger partial charge is 0.337 e. The van der Waals surface area contributed by atoms with Crippen LogP contribution in [0.4, 0.5) is 0 Å². The number of hydrogen-bond donors (Lipinski definition) is 0. The van der Waals surface area contributed by atoms with E-state index in [-0.39, 0.29) is 12.1 Å². The summed E-state index contributed by atoms with van der Waals surface area (Å²) in [6.07, 6.45) is 4.43. The van der Waals surface area contributed by atoms with Crippen molar-refractivity contribution in [3.05, 3.63) is 35.4 Å². The summed E-state index contributed by atoms with van der Waals surface area (Å²) >= 11 is 0. The average Bonchev–Trinajstić information content (AvgIpc) is 2.93. The fraction of sp³-hybridized carbons (Fsp3) is 0.467. The van der Waals surface area contributed by atoms with Gasteiger partial charge in [0, 0.05) is 6.42 Å². The third kappa shape index (κ3) is 3.34. The fourth-order valence-electron chi connectivity index (χ4n) is 2.10. The van der Waals surface area contributed by atoms with Crippen LogP contribution in [0.1, 0.15) is 48.5 Å². The summed E-state index contributed by atoms with van der Waals surface area (Å²) in [6, 6.07) is 7.28. The summed E-state index contributed by atoms with van der Waals surface area (Å²) in [5, 5.41) is 4.14. The highest BCUT2D eigenvalue weighted by atomic mass is 16.6. The van der Waals surface area contributed by atoms with Crippen molar-refractivity contribution in [2.45, 2.75) is 38.7 Å². The first kappa shape index (κ1) is 13.6. The maximum Gasteiger partial charge on any atom is 0.337 e. The maximum absolute atomic E-state index is 11.3. The lowest BCUT2D eigenvalue weighted by molar-refractivity contribution is 0.0600. The number of methoxy groups -OCH3 is 1. The van der Waals surface area contributed by atoms with Gasteiger partial charge in [0.15, 0.2) is 0 Å². The fourth-order valence-corrected chi connectivity index (χ4v) is 2.10. The molecule has 1 heterocycles. The van der Waals surface area contributed by atoms with E-state index < -0.39 is 0 Å². The molecule has 4 nitrogen and oxygen atoms in total. The van der Waals surface area contributed by atoms with E-state index >= 15 is 0 Å². The van der Waals surface area contributed by atoms with E-state index in [2.05, 4.69) is 16.8 Å². The van der Waals surface area contributed by atoms with Gasteiger partial charge in [0.2, 0.25) is 0 Å². The van der Waals surface area contributed by atoms with Gasteiger partial charge in [-0.1, -0.05) is 30.6 Å². The molecule has 0 radical (unpaired) electrons. The number of benzene rings is 1. The van der Waals surface area contributed by atoms with E-state index in [1.807, 2.05) is 12.1 Å². The van der Waals surface area contributed by atoms with Gasteiger partial charge in [-0.2, -0.15) is 0 Å². The van der Waals surface area contributed by atoms with Crippen molar-refractivity contribution in [3.63, 3.8) is 0 Å². The second-order valence-electron chi connectivity index (χ2n) is 4.68. The van der Waals surface area contributed by atoms with Crippen LogP contribution < -0.4 is 0 Å². The standard InChI is InChI=1S/C15H19NO3/c1-3-4-5-13-10-14(16-19-13)11-6-8-12(9-7-11)15(17)18-2/h6-9,13H,3-5,10H2,1-2H3. The normalized spacial score (nSPS) is 17.8. The zero-order valence-corrected chi connectivity index (χ0v) is 11.4. The Morgan fingerprint density at radius 3 is 2.79 bits per heavy atom. The molecule has 102 valence electrons. The van der Waals surface area contributed by atoms with Gasteiger partial charge in [0.25, 0.3) is 0 Å². The summed E-state index contributed by atoms with van der Waals surface area (Å²) in [5.41, 5.74) is 2.51. The van der Waals surface area contributed by atoms with Crippen molar-refractivity contribution in [3.8, 4) is 0 Å². The predicted molar refractivity (Wildman–Crippen MR) is 73.3 cm³/mol. The highest BCUT2D eigenvalue weighted by Crippen LogP contribution is 2.21. The molecule has 0 bridgehead atoms. The molecular weight excluding hydrogens is 242 g/mol. The van der Waals surface area contributed by atoms with Crippen LogP contribution in [0, 0.1) is 0 Å². The molecule has 0 aliphatic carbocycles. The lowest BCUT2D eigenvalue weighted by Gasteiger charge is -2.06. The lowest BCUT2D eigenvalue weighted by Crippen LogP contribution is -2.08. The number of nitrogens with zero attached hydrogens (tertiary/aromatic N) is 1. The molecular formula is C15H19NO3. The molecule has 0 aromatic heterocycles. The van der Waals surface area contributed by atoms with Crippen molar-refractivity contribution >= 4 is 11.7 Å². The van der Waals surface area contributed by atoms with E-state index in [9.17, 15) is 4.79 Å². The van der Waals surface area contributed by atoms with E-state index in [1.165, 1.54) is 13.5 Å². The van der Waals surface area contributed by atoms with Crippen molar-refractivity contribution in [2.24, 2.45) is 5.16 Å². The zero-order valence-electron chi connectivity index (χ0n) is 11.4. The third-order valence-electron chi connectivity index (χ3n) is 3.25. The number of ether oxygens (including phenoxy) is 1. The minimum Gasteiger partial charge on any atom is -0.465 e. The second-order valence-corrected chi connectivity index (χ2v) is 4.68. The summed E-state index contributed by atoms with van der Waals surface area (Å²) < 4.78 is 4.67. The first-order valence-corrected chi connectivity index (χ1v) is 6.66. The number of unbranched alkanes of at least 4 members (excludes halogenated alkanes) is 1. The summed E-state index contributed by atoms with van der Waals surface area (Å²) in [5.74, 6) is -0.322. The first-order valence-electron chi connectivity index (χ1n) is 6.66. The topological polar surface area (TPSA) is 47.9 Å². The minimum absolute atomic E-state index is 0.204. The lowest BCUT2D eigenvalue weighted by atomic mass is 10.0. The van der Waals surface area contributed by atoms with Crippen LogP contribution >= 0.6 is 0 Å². The summed E-state index contributed by atoms with van der Waals surface area (Å²) in [4.78, 5) is 16.8. The van der Waals surface area contributed by atoms with Gasteiger partial charge in [-0.25, -0.2) is 4.79 Å². The van der Waals surface area contributed by atoms with Gasteiger partial charge in [-0.3, -0.25) is 0 Å². The number of oxime groups is 1. The van der Waals surface area contributed by atoms with Crippen LogP contribution in [0.15, 0.2) is 29.4 Å². The Bertz CT molecular complexity index is 465. The molecule has 19 heavy (non-hydrogen) atoms. The van der Waals surface area contributed by atoms with E-state index in [4.69, 9.17) is 4.84 Å². The van der Waals surface area contributed by atoms with Crippen LogP contribution in [0.3, 0.4) is 0 Å². The van der Waals surface area contributed by atoms with Crippen LogP contribution in [0.5, 0.6) is 0 Å². The molecule has 1 unspecified atom stereocenters. The number of carbonyl (C=O) groups is 1. The number of carbonyl (C=O) groups excluding carboxylic acids is 1. The van der Waals surface area contributed by atoms with Gasteiger partial charge in [-0.15, -0.1) is 0 Å². The zero-order chi connectivity index (χ0) is 13.7. The Kier molecular flexibility index (Phi) is 4.55. The molecule has 0 fully saturated rings. The number of rotatable bonds is 5. The van der Waals surface area contributed by atoms with Crippen molar-refractivity contribution < 1.29 is 14.4 Å². The molecule has 4 heteroatoms. The van der Waals surface area contributed by atoms with Crippen LogP contribution in [-0.4, -0.2) is 24.9 Å². The van der Waals surface area contributed by atoms with E-state index in [0.717, 1.165) is 30.5 Å². The molecule has 1 aliphatic rings. The largest absolute Gasteiger partial charge is 0.465 e. The quantitative estimate of drug-likeness (QED) is 0.765. The average molecular weight is 261 g/mol. The molecule has 0 spiro atoms. The molecule has 1 aromatic rings. The number of esters is 1. The van der Waals surface area contributed by atoms with Crippen molar-refractivity contribution in [1.82, 2.24) is 0 Å². The third-order valence-corrected chi connectivity index (χ3v) is 3.25. The molecule has 1 atom stereocenters. The summed E-state index contributed by atoms with van der Waals surface area (Å²) in [7, 11) is 1.38. The first-order chi connectivity index (χ1) is 9.24. The number of hydrogen-bond acceptors (Lipinski definition) is 4. The maximum atomic E-state index is 11.3. The Balaban J connectivity index is 1.98. The molecule has 0 N–H and O–H groups in total. The Labute approximate surface area is 113 Å². The van der Waals surface area contributed by atoms with Gasteiger partial charge in [-0.05, 0) is 30.5 Å². The minimum atomic E-state index is -0.322. The van der Waals surface area contributed by atoms with Crippen LogP contribution in [-0.2, 0) is 9.57 Å². The van der Waals surface area contributed by atoms with Crippen LogP contribution in [0.25, 0.3) is 0 Å². The molecule has 0 saturated heterocycles. The van der Waals surface area contributed by atoms with E-state index in [0.29, 0.717) is 5.56 Å². The van der Waals surface area contributed by atoms with Gasteiger partial charge in [0.1, 0.15) is 6.10 Å². The predicted octanol–water partition coefficient (Wildman–Crippen LogP) is 3.16. The molecule has 1 aromatic carbocycles. The molecule has 0 amide bonds. The second kappa shape index (κ2) is 6.36. The Morgan fingerprint density at radius 1 is 1.42 bits per heavy atom. The van der Waals surface area contributed by atoms with Crippen molar-refractivity contribution in [1.29, 1.82) is 0 Å². The van der Waals surface area contributed by atoms with E-state index in [1.54, 1.807) is 12.1 Å². The molecule has 2 rings (SSSR count). The van der Waals surface area contributed by atoms with Gasteiger partial charge < -0.3 is 9.57 Å².